The molecule has 1 fully saturated rings. The van der Waals surface area contributed by atoms with E-state index in [0.29, 0.717) is 12.6 Å². The molecule has 2 atom stereocenters. The molecule has 1 saturated carbocycles. The molecule has 5 nitrogen and oxygen atoms in total. The van der Waals surface area contributed by atoms with Crippen LogP contribution in [0.5, 0.6) is 0 Å². The highest BCUT2D eigenvalue weighted by Crippen LogP contribution is 2.20. The van der Waals surface area contributed by atoms with Crippen LogP contribution in [0.3, 0.4) is 0 Å². The smallest absolute Gasteiger partial charge is 0.153 e. The molecule has 1 aliphatic carbocycles. The molecule has 2 unspecified atom stereocenters. The summed E-state index contributed by atoms with van der Waals surface area (Å²) in [6.45, 7) is 0.418. The molecule has 5 heteroatoms. The summed E-state index contributed by atoms with van der Waals surface area (Å²) in [6.07, 6.45) is 3.62. The highest BCUT2D eigenvalue weighted by molar-refractivity contribution is 5.81. The maximum absolute atomic E-state index is 8.32. The second-order valence-corrected chi connectivity index (χ2v) is 3.28. The van der Waals surface area contributed by atoms with Gasteiger partial charge in [0.25, 0.3) is 0 Å². The Labute approximate surface area is 77.9 Å². The number of oxime groups is 1. The third-order valence-corrected chi connectivity index (χ3v) is 2.43. The predicted molar refractivity (Wildman–Crippen MR) is 49.8 cm³/mol. The molecule has 0 saturated heterocycles. The highest BCUT2D eigenvalue weighted by Gasteiger charge is 2.26. The van der Waals surface area contributed by atoms with Gasteiger partial charge in [0.1, 0.15) is 0 Å². The fourth-order valence-corrected chi connectivity index (χ4v) is 1.71. The maximum atomic E-state index is 8.32. The number of methoxy groups -OCH3 is 1. The molecule has 1 aliphatic rings. The molecule has 0 aliphatic heterocycles. The zero-order valence-corrected chi connectivity index (χ0v) is 7.86. The van der Waals surface area contributed by atoms with Gasteiger partial charge in [-0.1, -0.05) is 5.16 Å². The van der Waals surface area contributed by atoms with Gasteiger partial charge in [0.15, 0.2) is 5.84 Å². The minimum absolute atomic E-state index is 0.210. The van der Waals surface area contributed by atoms with E-state index in [4.69, 9.17) is 15.7 Å². The van der Waals surface area contributed by atoms with Gasteiger partial charge in [-0.25, -0.2) is 0 Å². The number of ether oxygens (including phenoxy) is 1. The van der Waals surface area contributed by atoms with E-state index in [1.807, 2.05) is 0 Å². The summed E-state index contributed by atoms with van der Waals surface area (Å²) in [5.74, 6) is 0.210. The number of amidine groups is 1. The van der Waals surface area contributed by atoms with Crippen molar-refractivity contribution in [3.63, 3.8) is 0 Å². The molecule has 0 bridgehead atoms. The summed E-state index contributed by atoms with van der Waals surface area (Å²) < 4.78 is 5.28. The number of hydrogen-bond acceptors (Lipinski definition) is 4. The Morgan fingerprint density at radius 2 is 2.46 bits per heavy atom. The average molecular weight is 187 g/mol. The summed E-state index contributed by atoms with van der Waals surface area (Å²) in [6, 6.07) is 0.338. The van der Waals surface area contributed by atoms with Crippen molar-refractivity contribution in [1.29, 1.82) is 0 Å². The zero-order chi connectivity index (χ0) is 9.68. The molecule has 0 aromatic rings. The number of nitrogens with one attached hydrogen (secondary N) is 1. The van der Waals surface area contributed by atoms with Gasteiger partial charge in [-0.3, -0.25) is 0 Å². The maximum Gasteiger partial charge on any atom is 0.153 e. The molecule has 0 heterocycles. The highest BCUT2D eigenvalue weighted by atomic mass is 16.5. The lowest BCUT2D eigenvalue weighted by atomic mass is 10.2. The Bertz CT molecular complexity index is 184. The molecule has 4 N–H and O–H groups in total. The van der Waals surface area contributed by atoms with Gasteiger partial charge in [0.05, 0.1) is 12.6 Å². The van der Waals surface area contributed by atoms with E-state index in [9.17, 15) is 0 Å². The van der Waals surface area contributed by atoms with Gasteiger partial charge in [-0.05, 0) is 19.3 Å². The molecule has 13 heavy (non-hydrogen) atoms. The van der Waals surface area contributed by atoms with Crippen LogP contribution in [0.4, 0.5) is 0 Å². The van der Waals surface area contributed by atoms with Crippen molar-refractivity contribution in [2.45, 2.75) is 31.4 Å². The average Bonchev–Trinajstić information content (AvgIpc) is 2.61. The van der Waals surface area contributed by atoms with Crippen molar-refractivity contribution in [2.75, 3.05) is 13.7 Å². The molecule has 0 radical (unpaired) electrons. The standard InChI is InChI=1S/C8H17N3O2/c1-13-7-4-2-3-6(7)10-5-8(9)11-12/h6-7,10,12H,2-5H2,1H3,(H2,9,11). The van der Waals surface area contributed by atoms with Crippen LogP contribution in [0.1, 0.15) is 19.3 Å². The summed E-state index contributed by atoms with van der Waals surface area (Å²) >= 11 is 0. The third-order valence-electron chi connectivity index (χ3n) is 2.43. The Morgan fingerprint density at radius 1 is 1.69 bits per heavy atom. The van der Waals surface area contributed by atoms with E-state index in [1.54, 1.807) is 7.11 Å². The summed E-state index contributed by atoms with van der Waals surface area (Å²) in [4.78, 5) is 0. The molecule has 1 rings (SSSR count). The van der Waals surface area contributed by atoms with Crippen molar-refractivity contribution in [3.8, 4) is 0 Å². The van der Waals surface area contributed by atoms with Crippen LogP contribution in [0, 0.1) is 0 Å². The van der Waals surface area contributed by atoms with Gasteiger partial charge < -0.3 is 21.0 Å². The SMILES string of the molecule is COC1CCCC1NCC(N)=NO. The van der Waals surface area contributed by atoms with Crippen LogP contribution in [0.2, 0.25) is 0 Å². The van der Waals surface area contributed by atoms with Crippen molar-refractivity contribution in [3.05, 3.63) is 0 Å². The number of rotatable bonds is 4. The van der Waals surface area contributed by atoms with Crippen LogP contribution >= 0.6 is 0 Å². The van der Waals surface area contributed by atoms with E-state index in [2.05, 4.69) is 10.5 Å². The molecule has 0 spiro atoms. The Balaban J connectivity index is 2.27. The van der Waals surface area contributed by atoms with Gasteiger partial charge in [-0.2, -0.15) is 0 Å². The van der Waals surface area contributed by atoms with Gasteiger partial charge in [0.2, 0.25) is 0 Å². The first-order valence-electron chi connectivity index (χ1n) is 4.50. The fraction of sp³-hybridized carbons (Fsp3) is 0.875. The first kappa shape index (κ1) is 10.3. The monoisotopic (exact) mass is 187 g/mol. The predicted octanol–water partition coefficient (Wildman–Crippen LogP) is -0.110. The lowest BCUT2D eigenvalue weighted by Gasteiger charge is -2.18. The van der Waals surface area contributed by atoms with Crippen LogP contribution in [0.15, 0.2) is 5.16 Å². The normalized spacial score (nSPS) is 29.5. The molecule has 0 aromatic carbocycles. The topological polar surface area (TPSA) is 79.9 Å². The Kier molecular flexibility index (Phi) is 3.98. The first-order chi connectivity index (χ1) is 6.27. The Morgan fingerprint density at radius 3 is 3.08 bits per heavy atom. The molecule has 0 aromatic heterocycles. The largest absolute Gasteiger partial charge is 0.409 e. The second-order valence-electron chi connectivity index (χ2n) is 3.28. The van der Waals surface area contributed by atoms with E-state index >= 15 is 0 Å². The third kappa shape index (κ3) is 2.86. The zero-order valence-electron chi connectivity index (χ0n) is 7.86. The summed E-state index contributed by atoms with van der Waals surface area (Å²) in [5, 5.41) is 14.4. The summed E-state index contributed by atoms with van der Waals surface area (Å²) in [5.41, 5.74) is 5.33. The minimum Gasteiger partial charge on any atom is -0.409 e. The molecular formula is C8H17N3O2. The van der Waals surface area contributed by atoms with Crippen LogP contribution in [-0.2, 0) is 4.74 Å². The van der Waals surface area contributed by atoms with E-state index < -0.39 is 0 Å². The number of nitrogens with zero attached hydrogens (tertiary/aromatic N) is 1. The van der Waals surface area contributed by atoms with Crippen LogP contribution in [0.25, 0.3) is 0 Å². The van der Waals surface area contributed by atoms with Gasteiger partial charge in [0, 0.05) is 13.2 Å². The first-order valence-corrected chi connectivity index (χ1v) is 4.50. The van der Waals surface area contributed by atoms with Crippen molar-refractivity contribution >= 4 is 5.84 Å². The quantitative estimate of drug-likeness (QED) is 0.248. The molecule has 0 amide bonds. The van der Waals surface area contributed by atoms with E-state index in [0.717, 1.165) is 12.8 Å². The molecule has 76 valence electrons. The Hall–Kier alpha value is -0.810. The van der Waals surface area contributed by atoms with Crippen LogP contribution in [-0.4, -0.2) is 36.8 Å². The van der Waals surface area contributed by atoms with Gasteiger partial charge in [-0.15, -0.1) is 0 Å². The van der Waals surface area contributed by atoms with Gasteiger partial charge >= 0.3 is 0 Å². The van der Waals surface area contributed by atoms with Crippen LogP contribution < -0.4 is 11.1 Å². The molecular weight excluding hydrogens is 170 g/mol. The lowest BCUT2D eigenvalue weighted by molar-refractivity contribution is 0.0866. The van der Waals surface area contributed by atoms with Crippen molar-refractivity contribution in [1.82, 2.24) is 5.32 Å². The fourth-order valence-electron chi connectivity index (χ4n) is 1.71. The number of nitrogens with two attached hydrogens (primary N) is 1. The second kappa shape index (κ2) is 5.04. The minimum atomic E-state index is 0.210. The lowest BCUT2D eigenvalue weighted by Crippen LogP contribution is -2.41. The van der Waals surface area contributed by atoms with E-state index in [1.165, 1.54) is 6.42 Å². The van der Waals surface area contributed by atoms with E-state index in [-0.39, 0.29) is 11.9 Å². The number of hydrogen-bond donors (Lipinski definition) is 3. The van der Waals surface area contributed by atoms with Crippen molar-refractivity contribution < 1.29 is 9.94 Å². The van der Waals surface area contributed by atoms with Crippen molar-refractivity contribution in [2.24, 2.45) is 10.9 Å². The summed E-state index contributed by atoms with van der Waals surface area (Å²) in [7, 11) is 1.72.